The van der Waals surface area contributed by atoms with Crippen molar-refractivity contribution in [2.45, 2.75) is 0 Å². The number of carbonyl (C=O) groups is 1. The number of benzene rings is 2. The minimum Gasteiger partial charge on any atom is -0.465 e. The number of fused-ring (bicyclic) bond motifs is 1. The zero-order chi connectivity index (χ0) is 14.1. The van der Waals surface area contributed by atoms with E-state index >= 15 is 0 Å². The molecule has 1 aromatic heterocycles. The fraction of sp³-hybridized carbons (Fsp3) is 0.0667. The highest BCUT2D eigenvalue weighted by atomic mass is 16.5. The van der Waals surface area contributed by atoms with Crippen molar-refractivity contribution >= 4 is 22.6 Å². The predicted octanol–water partition coefficient (Wildman–Crippen LogP) is 2.39. The van der Waals surface area contributed by atoms with Gasteiger partial charge < -0.3 is 10.5 Å². The Morgan fingerprint density at radius 1 is 1.25 bits per heavy atom. The minimum absolute atomic E-state index is 0.390. The normalized spacial score (nSPS) is 10.7. The van der Waals surface area contributed by atoms with Crippen LogP contribution in [0.4, 0.5) is 5.69 Å². The summed E-state index contributed by atoms with van der Waals surface area (Å²) in [6.07, 6.45) is 1.76. The van der Waals surface area contributed by atoms with Crippen molar-refractivity contribution in [1.82, 2.24) is 9.78 Å². The van der Waals surface area contributed by atoms with Crippen LogP contribution in [-0.4, -0.2) is 22.9 Å². The topological polar surface area (TPSA) is 70.1 Å². The summed E-state index contributed by atoms with van der Waals surface area (Å²) in [5.74, 6) is -0.438. The molecule has 0 aliphatic heterocycles. The standard InChI is InChI=1S/C15H13N3O2/c1-20-15(19)12-8-11(16)6-7-14(12)18-13-5-3-2-4-10(13)9-17-18/h2-9H,16H2,1H3. The summed E-state index contributed by atoms with van der Waals surface area (Å²) in [6.45, 7) is 0. The molecule has 0 spiro atoms. The summed E-state index contributed by atoms with van der Waals surface area (Å²) in [4.78, 5) is 11.9. The Morgan fingerprint density at radius 2 is 2.05 bits per heavy atom. The van der Waals surface area contributed by atoms with Gasteiger partial charge in [0.05, 0.1) is 30.1 Å². The molecule has 5 nitrogen and oxygen atoms in total. The summed E-state index contributed by atoms with van der Waals surface area (Å²) in [6, 6.07) is 12.9. The molecule has 0 unspecified atom stereocenters. The second kappa shape index (κ2) is 4.70. The molecule has 0 saturated heterocycles. The highest BCUT2D eigenvalue weighted by Gasteiger charge is 2.15. The third-order valence-corrected chi connectivity index (χ3v) is 3.13. The zero-order valence-electron chi connectivity index (χ0n) is 10.9. The van der Waals surface area contributed by atoms with Crippen LogP contribution < -0.4 is 5.73 Å². The van der Waals surface area contributed by atoms with E-state index in [0.29, 0.717) is 16.9 Å². The highest BCUT2D eigenvalue weighted by molar-refractivity contribution is 5.95. The fourth-order valence-corrected chi connectivity index (χ4v) is 2.18. The Balaban J connectivity index is 2.26. The smallest absolute Gasteiger partial charge is 0.340 e. The maximum atomic E-state index is 11.9. The van der Waals surface area contributed by atoms with Gasteiger partial charge in [0.15, 0.2) is 0 Å². The number of aromatic nitrogens is 2. The van der Waals surface area contributed by atoms with Crippen LogP contribution in [0.3, 0.4) is 0 Å². The van der Waals surface area contributed by atoms with Crippen LogP contribution in [-0.2, 0) is 4.74 Å². The molecule has 100 valence electrons. The number of nitrogens with two attached hydrogens (primary N) is 1. The largest absolute Gasteiger partial charge is 0.465 e. The average molecular weight is 267 g/mol. The Labute approximate surface area is 115 Å². The van der Waals surface area contributed by atoms with Crippen molar-refractivity contribution < 1.29 is 9.53 Å². The van der Waals surface area contributed by atoms with E-state index in [4.69, 9.17) is 10.5 Å². The number of carbonyl (C=O) groups excluding carboxylic acids is 1. The molecule has 0 atom stereocenters. The first-order valence-electron chi connectivity index (χ1n) is 6.11. The molecule has 1 heterocycles. The van der Waals surface area contributed by atoms with Gasteiger partial charge in [-0.1, -0.05) is 18.2 Å². The number of hydrogen-bond acceptors (Lipinski definition) is 4. The van der Waals surface area contributed by atoms with Crippen LogP contribution in [0, 0.1) is 0 Å². The van der Waals surface area contributed by atoms with Gasteiger partial charge in [0.25, 0.3) is 0 Å². The molecule has 2 N–H and O–H groups in total. The van der Waals surface area contributed by atoms with E-state index in [1.807, 2.05) is 24.3 Å². The molecular formula is C15H13N3O2. The molecule has 0 aliphatic carbocycles. The third kappa shape index (κ3) is 1.89. The van der Waals surface area contributed by atoms with Crippen molar-refractivity contribution in [2.24, 2.45) is 0 Å². The molecule has 3 aromatic rings. The number of rotatable bonds is 2. The Morgan fingerprint density at radius 3 is 2.85 bits per heavy atom. The quantitative estimate of drug-likeness (QED) is 0.571. The number of methoxy groups -OCH3 is 1. The molecule has 0 bridgehead atoms. The number of esters is 1. The fourth-order valence-electron chi connectivity index (χ4n) is 2.18. The van der Waals surface area contributed by atoms with Crippen molar-refractivity contribution in [3.8, 4) is 5.69 Å². The molecule has 0 fully saturated rings. The lowest BCUT2D eigenvalue weighted by Crippen LogP contribution is -2.09. The SMILES string of the molecule is COC(=O)c1cc(N)ccc1-n1ncc2ccccc21. The Bertz CT molecular complexity index is 793. The first kappa shape index (κ1) is 12.2. The zero-order valence-corrected chi connectivity index (χ0v) is 10.9. The van der Waals surface area contributed by atoms with Gasteiger partial charge in [-0.25, -0.2) is 9.48 Å². The van der Waals surface area contributed by atoms with Gasteiger partial charge in [-0.15, -0.1) is 0 Å². The van der Waals surface area contributed by atoms with Crippen molar-refractivity contribution in [2.75, 3.05) is 12.8 Å². The molecule has 0 saturated carbocycles. The highest BCUT2D eigenvalue weighted by Crippen LogP contribution is 2.23. The van der Waals surface area contributed by atoms with Gasteiger partial charge in [0.2, 0.25) is 0 Å². The number of nitrogen functional groups attached to an aromatic ring is 1. The molecule has 0 aliphatic rings. The van der Waals surface area contributed by atoms with E-state index in [2.05, 4.69) is 5.10 Å². The summed E-state index contributed by atoms with van der Waals surface area (Å²) in [5.41, 5.74) is 8.21. The summed E-state index contributed by atoms with van der Waals surface area (Å²) < 4.78 is 6.52. The lowest BCUT2D eigenvalue weighted by Gasteiger charge is -2.10. The molecule has 0 amide bonds. The molecule has 20 heavy (non-hydrogen) atoms. The van der Waals surface area contributed by atoms with E-state index in [-0.39, 0.29) is 0 Å². The first-order chi connectivity index (χ1) is 9.70. The van der Waals surface area contributed by atoms with Crippen molar-refractivity contribution in [3.63, 3.8) is 0 Å². The predicted molar refractivity (Wildman–Crippen MR) is 76.8 cm³/mol. The third-order valence-electron chi connectivity index (χ3n) is 3.13. The molecule has 5 heteroatoms. The maximum absolute atomic E-state index is 11.9. The number of nitrogens with zero attached hydrogens (tertiary/aromatic N) is 2. The van der Waals surface area contributed by atoms with Crippen LogP contribution in [0.25, 0.3) is 16.6 Å². The molecule has 0 radical (unpaired) electrons. The lowest BCUT2D eigenvalue weighted by atomic mass is 10.1. The van der Waals surface area contributed by atoms with Crippen molar-refractivity contribution in [1.29, 1.82) is 0 Å². The van der Waals surface area contributed by atoms with Crippen LogP contribution in [0.15, 0.2) is 48.7 Å². The van der Waals surface area contributed by atoms with Gasteiger partial charge in [-0.05, 0) is 24.3 Å². The number of ether oxygens (including phenoxy) is 1. The monoisotopic (exact) mass is 267 g/mol. The van der Waals surface area contributed by atoms with E-state index in [1.54, 1.807) is 29.1 Å². The number of para-hydroxylation sites is 1. The number of hydrogen-bond donors (Lipinski definition) is 1. The summed E-state index contributed by atoms with van der Waals surface area (Å²) >= 11 is 0. The second-order valence-electron chi connectivity index (χ2n) is 4.38. The van der Waals surface area contributed by atoms with Gasteiger partial charge in [-0.3, -0.25) is 0 Å². The molecular weight excluding hydrogens is 254 g/mol. The lowest BCUT2D eigenvalue weighted by molar-refractivity contribution is 0.0600. The Hall–Kier alpha value is -2.82. The average Bonchev–Trinajstić information content (AvgIpc) is 2.90. The van der Waals surface area contributed by atoms with Gasteiger partial charge in [0.1, 0.15) is 0 Å². The molecule has 3 rings (SSSR count). The second-order valence-corrected chi connectivity index (χ2v) is 4.38. The van der Waals surface area contributed by atoms with E-state index < -0.39 is 5.97 Å². The summed E-state index contributed by atoms with van der Waals surface area (Å²) in [7, 11) is 1.34. The van der Waals surface area contributed by atoms with Gasteiger partial charge in [-0.2, -0.15) is 5.10 Å². The maximum Gasteiger partial charge on any atom is 0.340 e. The summed E-state index contributed by atoms with van der Waals surface area (Å²) in [5, 5.41) is 5.34. The van der Waals surface area contributed by atoms with Gasteiger partial charge in [0, 0.05) is 11.1 Å². The van der Waals surface area contributed by atoms with E-state index in [1.165, 1.54) is 7.11 Å². The van der Waals surface area contributed by atoms with E-state index in [0.717, 1.165) is 10.9 Å². The Kier molecular flexibility index (Phi) is 2.87. The first-order valence-corrected chi connectivity index (χ1v) is 6.11. The number of anilines is 1. The van der Waals surface area contributed by atoms with Crippen LogP contribution >= 0.6 is 0 Å². The minimum atomic E-state index is -0.438. The van der Waals surface area contributed by atoms with E-state index in [9.17, 15) is 4.79 Å². The van der Waals surface area contributed by atoms with Crippen LogP contribution in [0.5, 0.6) is 0 Å². The molecule has 2 aromatic carbocycles. The van der Waals surface area contributed by atoms with Gasteiger partial charge >= 0.3 is 5.97 Å². The van der Waals surface area contributed by atoms with Crippen LogP contribution in [0.2, 0.25) is 0 Å². The van der Waals surface area contributed by atoms with Crippen molar-refractivity contribution in [3.05, 3.63) is 54.2 Å². The van der Waals surface area contributed by atoms with Crippen LogP contribution in [0.1, 0.15) is 10.4 Å².